The molecule has 0 unspecified atom stereocenters. The van der Waals surface area contributed by atoms with E-state index in [1.165, 1.54) is 5.69 Å². The first kappa shape index (κ1) is 17.9. The van der Waals surface area contributed by atoms with Crippen molar-refractivity contribution in [1.29, 1.82) is 0 Å². The Morgan fingerprint density at radius 1 is 1.04 bits per heavy atom. The zero-order chi connectivity index (χ0) is 18.8. The zero-order valence-corrected chi connectivity index (χ0v) is 16.8. The molecular formula is C21H22BrN3O2. The Labute approximate surface area is 167 Å². The first-order valence-electron chi connectivity index (χ1n) is 9.10. The van der Waals surface area contributed by atoms with Crippen LogP contribution >= 0.6 is 15.9 Å². The molecule has 0 radical (unpaired) electrons. The predicted molar refractivity (Wildman–Crippen MR) is 112 cm³/mol. The van der Waals surface area contributed by atoms with Crippen LogP contribution in [0.15, 0.2) is 53.0 Å². The van der Waals surface area contributed by atoms with Gasteiger partial charge in [0.1, 0.15) is 11.4 Å². The fourth-order valence-electron chi connectivity index (χ4n) is 3.56. The SMILES string of the molecule is COc1ccc(N2CCCN(C(=O)c3cc4ccc(Br)cc4[nH]3)CC2)cc1. The van der Waals surface area contributed by atoms with Crippen molar-refractivity contribution in [3.8, 4) is 5.75 Å². The van der Waals surface area contributed by atoms with Crippen molar-refractivity contribution < 1.29 is 9.53 Å². The fraction of sp³-hybridized carbons (Fsp3) is 0.286. The van der Waals surface area contributed by atoms with Crippen molar-refractivity contribution in [1.82, 2.24) is 9.88 Å². The summed E-state index contributed by atoms with van der Waals surface area (Å²) in [7, 11) is 1.67. The highest BCUT2D eigenvalue weighted by Crippen LogP contribution is 2.23. The molecule has 6 heteroatoms. The number of hydrogen-bond acceptors (Lipinski definition) is 3. The Balaban J connectivity index is 1.47. The van der Waals surface area contributed by atoms with Crippen LogP contribution in [0.2, 0.25) is 0 Å². The van der Waals surface area contributed by atoms with Crippen LogP contribution in [-0.2, 0) is 0 Å². The van der Waals surface area contributed by atoms with E-state index < -0.39 is 0 Å². The minimum Gasteiger partial charge on any atom is -0.497 e. The van der Waals surface area contributed by atoms with Crippen molar-refractivity contribution in [2.24, 2.45) is 0 Å². The highest BCUT2D eigenvalue weighted by atomic mass is 79.9. The molecule has 1 aliphatic heterocycles. The summed E-state index contributed by atoms with van der Waals surface area (Å²) in [5.74, 6) is 0.926. The van der Waals surface area contributed by atoms with Gasteiger partial charge in [0.05, 0.1) is 7.11 Å². The van der Waals surface area contributed by atoms with Gasteiger partial charge in [-0.2, -0.15) is 0 Å². The molecule has 1 fully saturated rings. The van der Waals surface area contributed by atoms with E-state index in [1.54, 1.807) is 7.11 Å². The molecule has 140 valence electrons. The van der Waals surface area contributed by atoms with Crippen LogP contribution < -0.4 is 9.64 Å². The van der Waals surface area contributed by atoms with Gasteiger partial charge in [-0.05, 0) is 48.9 Å². The molecule has 0 bridgehead atoms. The topological polar surface area (TPSA) is 48.6 Å². The van der Waals surface area contributed by atoms with Crippen LogP contribution in [0.1, 0.15) is 16.9 Å². The quantitative estimate of drug-likeness (QED) is 0.677. The lowest BCUT2D eigenvalue weighted by Gasteiger charge is -2.23. The third-order valence-electron chi connectivity index (χ3n) is 5.04. The third kappa shape index (κ3) is 3.81. The predicted octanol–water partition coefficient (Wildman–Crippen LogP) is 4.29. The van der Waals surface area contributed by atoms with Gasteiger partial charge in [0.25, 0.3) is 5.91 Å². The van der Waals surface area contributed by atoms with Crippen LogP contribution in [0.25, 0.3) is 10.9 Å². The van der Waals surface area contributed by atoms with E-state index in [2.05, 4.69) is 37.9 Å². The highest BCUT2D eigenvalue weighted by molar-refractivity contribution is 9.10. The van der Waals surface area contributed by atoms with Gasteiger partial charge < -0.3 is 19.5 Å². The molecule has 27 heavy (non-hydrogen) atoms. The highest BCUT2D eigenvalue weighted by Gasteiger charge is 2.22. The van der Waals surface area contributed by atoms with Crippen molar-refractivity contribution in [2.45, 2.75) is 6.42 Å². The van der Waals surface area contributed by atoms with Crippen LogP contribution in [-0.4, -0.2) is 49.1 Å². The van der Waals surface area contributed by atoms with Crippen molar-refractivity contribution in [2.75, 3.05) is 38.2 Å². The molecule has 4 rings (SSSR count). The number of aromatic amines is 1. The zero-order valence-electron chi connectivity index (χ0n) is 15.2. The molecule has 3 aromatic rings. The van der Waals surface area contributed by atoms with Gasteiger partial charge in [0, 0.05) is 47.2 Å². The minimum atomic E-state index is 0.0684. The van der Waals surface area contributed by atoms with E-state index in [-0.39, 0.29) is 5.91 Å². The van der Waals surface area contributed by atoms with Gasteiger partial charge in [0.2, 0.25) is 0 Å². The van der Waals surface area contributed by atoms with Gasteiger partial charge in [-0.15, -0.1) is 0 Å². The maximum Gasteiger partial charge on any atom is 0.270 e. The van der Waals surface area contributed by atoms with E-state index in [9.17, 15) is 4.79 Å². The molecule has 1 aromatic heterocycles. The van der Waals surface area contributed by atoms with E-state index in [0.717, 1.165) is 47.2 Å². The number of benzene rings is 2. The molecule has 1 amide bonds. The van der Waals surface area contributed by atoms with Crippen molar-refractivity contribution >= 4 is 38.4 Å². The molecule has 2 aromatic carbocycles. The van der Waals surface area contributed by atoms with Crippen LogP contribution in [0.4, 0.5) is 5.69 Å². The maximum absolute atomic E-state index is 13.0. The number of halogens is 1. The number of fused-ring (bicyclic) bond motifs is 1. The standard InChI is InChI=1S/C21H22BrN3O2/c1-27-18-7-5-17(6-8-18)24-9-2-10-25(12-11-24)21(26)20-13-15-3-4-16(22)14-19(15)23-20/h3-8,13-14,23H,2,9-12H2,1H3. The number of hydrogen-bond donors (Lipinski definition) is 1. The molecule has 0 spiro atoms. The number of carbonyl (C=O) groups excluding carboxylic acids is 1. The number of carbonyl (C=O) groups is 1. The summed E-state index contributed by atoms with van der Waals surface area (Å²) in [6.07, 6.45) is 0.948. The number of aromatic nitrogens is 1. The molecule has 5 nitrogen and oxygen atoms in total. The van der Waals surface area contributed by atoms with Gasteiger partial charge in [-0.3, -0.25) is 4.79 Å². The van der Waals surface area contributed by atoms with Crippen molar-refractivity contribution in [3.05, 3.63) is 58.7 Å². The lowest BCUT2D eigenvalue weighted by Crippen LogP contribution is -2.35. The number of amides is 1. The number of anilines is 1. The summed E-state index contributed by atoms with van der Waals surface area (Å²) in [6.45, 7) is 3.24. The maximum atomic E-state index is 13.0. The van der Waals surface area contributed by atoms with Crippen LogP contribution in [0, 0.1) is 0 Å². The summed E-state index contributed by atoms with van der Waals surface area (Å²) < 4.78 is 6.23. The Hall–Kier alpha value is -2.47. The van der Waals surface area contributed by atoms with Gasteiger partial charge in [-0.1, -0.05) is 22.0 Å². The van der Waals surface area contributed by atoms with Crippen LogP contribution in [0.5, 0.6) is 5.75 Å². The number of rotatable bonds is 3. The number of nitrogens with one attached hydrogen (secondary N) is 1. The second kappa shape index (κ2) is 7.64. The molecular weight excluding hydrogens is 406 g/mol. The molecule has 0 aliphatic carbocycles. The van der Waals surface area contributed by atoms with E-state index in [0.29, 0.717) is 12.2 Å². The molecule has 1 N–H and O–H groups in total. The Kier molecular flexibility index (Phi) is 5.07. The average Bonchev–Trinajstić information content (AvgIpc) is 2.95. The molecule has 1 aliphatic rings. The lowest BCUT2D eigenvalue weighted by atomic mass is 10.2. The number of ether oxygens (including phenoxy) is 1. The van der Waals surface area contributed by atoms with E-state index in [4.69, 9.17) is 4.74 Å². The smallest absolute Gasteiger partial charge is 0.270 e. The van der Waals surface area contributed by atoms with E-state index in [1.807, 2.05) is 41.3 Å². The normalized spacial score (nSPS) is 15.0. The second-order valence-corrected chi connectivity index (χ2v) is 7.66. The minimum absolute atomic E-state index is 0.0684. The first-order chi connectivity index (χ1) is 13.1. The molecule has 0 saturated carbocycles. The number of H-pyrrole nitrogens is 1. The van der Waals surface area contributed by atoms with Gasteiger partial charge in [0.15, 0.2) is 0 Å². The largest absolute Gasteiger partial charge is 0.497 e. The third-order valence-corrected chi connectivity index (χ3v) is 5.53. The summed E-state index contributed by atoms with van der Waals surface area (Å²) in [5.41, 5.74) is 2.80. The monoisotopic (exact) mass is 427 g/mol. The van der Waals surface area contributed by atoms with Gasteiger partial charge >= 0.3 is 0 Å². The Bertz CT molecular complexity index is 952. The Morgan fingerprint density at radius 2 is 1.85 bits per heavy atom. The van der Waals surface area contributed by atoms with E-state index >= 15 is 0 Å². The molecule has 1 saturated heterocycles. The lowest BCUT2D eigenvalue weighted by molar-refractivity contribution is 0.0762. The van der Waals surface area contributed by atoms with Crippen molar-refractivity contribution in [3.63, 3.8) is 0 Å². The fourth-order valence-corrected chi connectivity index (χ4v) is 3.92. The first-order valence-corrected chi connectivity index (χ1v) is 9.90. The summed E-state index contributed by atoms with van der Waals surface area (Å²) in [4.78, 5) is 20.5. The average molecular weight is 428 g/mol. The summed E-state index contributed by atoms with van der Waals surface area (Å²) >= 11 is 3.47. The molecule has 2 heterocycles. The Morgan fingerprint density at radius 3 is 2.63 bits per heavy atom. The number of methoxy groups -OCH3 is 1. The number of nitrogens with zero attached hydrogens (tertiary/aromatic N) is 2. The second-order valence-electron chi connectivity index (χ2n) is 6.75. The summed E-state index contributed by atoms with van der Waals surface area (Å²) in [6, 6.07) is 16.1. The molecule has 0 atom stereocenters. The summed E-state index contributed by atoms with van der Waals surface area (Å²) in [5, 5.41) is 1.05. The van der Waals surface area contributed by atoms with Crippen LogP contribution in [0.3, 0.4) is 0 Å². The van der Waals surface area contributed by atoms with Gasteiger partial charge in [-0.25, -0.2) is 0 Å².